The molecule has 0 fully saturated rings. The van der Waals surface area contributed by atoms with Crippen LogP contribution in [0.15, 0.2) is 24.3 Å². The fraction of sp³-hybridized carbons (Fsp3) is 0.781. The molecule has 13 heteroatoms. The van der Waals surface area contributed by atoms with Crippen LogP contribution >= 0.6 is 0 Å². The first kappa shape index (κ1) is 41.0. The Morgan fingerprint density at radius 1 is 0.511 bits per heavy atom. The number of hydrogen-bond donors (Lipinski definition) is 1. The monoisotopic (exact) mass is 647 g/mol. The standard InChI is InChI=1S/C32H57NO12/c1-2-3-4-9-32(34)45-29-27-43-25-23-41-21-19-39-17-15-37-13-11-35-10-12-36-14-16-38-18-20-40-22-24-42-26-28-44-31-8-6-5-7-30(31)33/h5-8H,2-4,9-29,33H2,1H3. The molecule has 0 aliphatic rings. The number of carbonyl (C=O) groups is 1. The third kappa shape index (κ3) is 29.1. The van der Waals surface area contributed by atoms with E-state index in [1.807, 2.05) is 18.2 Å². The summed E-state index contributed by atoms with van der Waals surface area (Å²) in [4.78, 5) is 11.5. The molecular formula is C32H57NO12. The zero-order valence-corrected chi connectivity index (χ0v) is 27.3. The Morgan fingerprint density at radius 2 is 0.867 bits per heavy atom. The number of nitrogen functional groups attached to an aromatic ring is 1. The third-order valence-corrected chi connectivity index (χ3v) is 5.86. The molecule has 0 unspecified atom stereocenters. The summed E-state index contributed by atoms with van der Waals surface area (Å²) in [5, 5.41) is 0. The summed E-state index contributed by atoms with van der Waals surface area (Å²) < 4.78 is 59.7. The molecule has 0 saturated heterocycles. The first-order valence-electron chi connectivity index (χ1n) is 16.1. The topological polar surface area (TPSA) is 145 Å². The van der Waals surface area contributed by atoms with Crippen molar-refractivity contribution in [1.82, 2.24) is 0 Å². The van der Waals surface area contributed by atoms with Gasteiger partial charge in [-0.1, -0.05) is 31.9 Å². The van der Waals surface area contributed by atoms with E-state index >= 15 is 0 Å². The molecule has 1 rings (SSSR count). The molecule has 13 nitrogen and oxygen atoms in total. The summed E-state index contributed by atoms with van der Waals surface area (Å²) in [5.41, 5.74) is 6.43. The second kappa shape index (κ2) is 33.3. The number of unbranched alkanes of at least 4 members (excludes halogenated alkanes) is 2. The minimum Gasteiger partial charge on any atom is -0.489 e. The van der Waals surface area contributed by atoms with Crippen molar-refractivity contribution in [3.05, 3.63) is 24.3 Å². The van der Waals surface area contributed by atoms with Crippen LogP contribution in [-0.4, -0.2) is 138 Å². The van der Waals surface area contributed by atoms with Gasteiger partial charge in [-0.15, -0.1) is 0 Å². The van der Waals surface area contributed by atoms with Crippen molar-refractivity contribution in [1.29, 1.82) is 0 Å². The number of carbonyl (C=O) groups excluding carboxylic acids is 1. The molecule has 0 atom stereocenters. The second-order valence-electron chi connectivity index (χ2n) is 9.58. The smallest absolute Gasteiger partial charge is 0.305 e. The Kier molecular flexibility index (Phi) is 30.3. The van der Waals surface area contributed by atoms with E-state index in [-0.39, 0.29) is 12.6 Å². The van der Waals surface area contributed by atoms with Crippen LogP contribution in [0.1, 0.15) is 32.6 Å². The van der Waals surface area contributed by atoms with Gasteiger partial charge in [-0.3, -0.25) is 4.79 Å². The van der Waals surface area contributed by atoms with Gasteiger partial charge in [0.2, 0.25) is 0 Å². The second-order valence-corrected chi connectivity index (χ2v) is 9.58. The minimum absolute atomic E-state index is 0.160. The molecular weight excluding hydrogens is 590 g/mol. The van der Waals surface area contributed by atoms with Gasteiger partial charge in [0.15, 0.2) is 0 Å². The van der Waals surface area contributed by atoms with Gasteiger partial charge in [0, 0.05) is 6.42 Å². The van der Waals surface area contributed by atoms with Crippen molar-refractivity contribution < 1.29 is 56.9 Å². The summed E-state index contributed by atoms with van der Waals surface area (Å²) in [7, 11) is 0. The van der Waals surface area contributed by atoms with Crippen LogP contribution in [0.2, 0.25) is 0 Å². The van der Waals surface area contributed by atoms with Gasteiger partial charge < -0.3 is 57.8 Å². The van der Waals surface area contributed by atoms with Crippen molar-refractivity contribution in [2.45, 2.75) is 32.6 Å². The molecule has 0 heterocycles. The molecule has 0 bridgehead atoms. The highest BCUT2D eigenvalue weighted by Gasteiger charge is 2.02. The van der Waals surface area contributed by atoms with Gasteiger partial charge in [-0.05, 0) is 18.6 Å². The number of rotatable bonds is 35. The van der Waals surface area contributed by atoms with E-state index in [9.17, 15) is 4.79 Å². The maximum absolute atomic E-state index is 11.5. The summed E-state index contributed by atoms with van der Waals surface area (Å²) in [6.45, 7) is 11.5. The van der Waals surface area contributed by atoms with E-state index in [2.05, 4.69) is 6.92 Å². The Hall–Kier alpha value is -2.07. The van der Waals surface area contributed by atoms with Crippen LogP contribution in [0.25, 0.3) is 0 Å². The maximum atomic E-state index is 11.5. The summed E-state index contributed by atoms with van der Waals surface area (Å²) >= 11 is 0. The van der Waals surface area contributed by atoms with Crippen molar-refractivity contribution in [3.8, 4) is 5.75 Å². The fourth-order valence-corrected chi connectivity index (χ4v) is 3.49. The van der Waals surface area contributed by atoms with E-state index in [0.29, 0.717) is 143 Å². The number of hydrogen-bond acceptors (Lipinski definition) is 13. The lowest BCUT2D eigenvalue weighted by Crippen LogP contribution is -2.15. The molecule has 2 N–H and O–H groups in total. The quantitative estimate of drug-likeness (QED) is 0.0656. The Balaban J connectivity index is 1.64. The molecule has 0 aliphatic carbocycles. The lowest BCUT2D eigenvalue weighted by molar-refractivity contribution is -0.145. The van der Waals surface area contributed by atoms with Crippen LogP contribution in [0, 0.1) is 0 Å². The summed E-state index contributed by atoms with van der Waals surface area (Å²) in [6, 6.07) is 7.37. The van der Waals surface area contributed by atoms with Crippen molar-refractivity contribution in [2.75, 3.05) is 138 Å². The number of para-hydroxylation sites is 2. The molecule has 0 spiro atoms. The first-order chi connectivity index (χ1) is 22.2. The van der Waals surface area contributed by atoms with Crippen molar-refractivity contribution in [2.24, 2.45) is 0 Å². The lowest BCUT2D eigenvalue weighted by Gasteiger charge is -2.09. The highest BCUT2D eigenvalue weighted by Crippen LogP contribution is 2.19. The van der Waals surface area contributed by atoms with E-state index < -0.39 is 0 Å². The van der Waals surface area contributed by atoms with Crippen LogP contribution in [-0.2, 0) is 52.2 Å². The number of esters is 1. The Morgan fingerprint density at radius 3 is 1.24 bits per heavy atom. The molecule has 0 radical (unpaired) electrons. The average Bonchev–Trinajstić information content (AvgIpc) is 3.04. The molecule has 0 aromatic heterocycles. The zero-order chi connectivity index (χ0) is 32.3. The first-order valence-corrected chi connectivity index (χ1v) is 16.1. The van der Waals surface area contributed by atoms with Gasteiger partial charge in [-0.25, -0.2) is 0 Å². The van der Waals surface area contributed by atoms with Gasteiger partial charge in [0.25, 0.3) is 0 Å². The number of ether oxygens (including phenoxy) is 11. The van der Waals surface area contributed by atoms with Crippen molar-refractivity contribution >= 4 is 11.7 Å². The molecule has 1 aromatic carbocycles. The van der Waals surface area contributed by atoms with Crippen LogP contribution < -0.4 is 10.5 Å². The molecule has 1 aromatic rings. The van der Waals surface area contributed by atoms with E-state index in [1.165, 1.54) is 0 Å². The number of benzene rings is 1. The highest BCUT2D eigenvalue weighted by atomic mass is 16.6. The van der Waals surface area contributed by atoms with Gasteiger partial charge in [0.05, 0.1) is 125 Å². The lowest BCUT2D eigenvalue weighted by atomic mass is 10.2. The molecule has 0 amide bonds. The fourth-order valence-electron chi connectivity index (χ4n) is 3.49. The minimum atomic E-state index is -0.160. The molecule has 0 aliphatic heterocycles. The number of nitrogens with two attached hydrogens (primary N) is 1. The SMILES string of the molecule is CCCCCC(=O)OCCOCCOCCOCCOCCOCCOCCOCCOCCOCCOc1ccccc1N. The van der Waals surface area contributed by atoms with E-state index in [0.717, 1.165) is 19.3 Å². The highest BCUT2D eigenvalue weighted by molar-refractivity contribution is 5.69. The average molecular weight is 648 g/mol. The normalized spacial score (nSPS) is 11.2. The zero-order valence-electron chi connectivity index (χ0n) is 27.3. The predicted octanol–water partition coefficient (Wildman–Crippen LogP) is 2.92. The Labute approximate surface area is 269 Å². The summed E-state index contributed by atoms with van der Waals surface area (Å²) in [5.74, 6) is 0.506. The number of anilines is 1. The van der Waals surface area contributed by atoms with Crippen LogP contribution in [0.4, 0.5) is 5.69 Å². The van der Waals surface area contributed by atoms with Gasteiger partial charge in [-0.2, -0.15) is 0 Å². The maximum Gasteiger partial charge on any atom is 0.305 e. The molecule has 45 heavy (non-hydrogen) atoms. The van der Waals surface area contributed by atoms with Crippen LogP contribution in [0.5, 0.6) is 5.75 Å². The van der Waals surface area contributed by atoms with E-state index in [1.54, 1.807) is 6.07 Å². The predicted molar refractivity (Wildman–Crippen MR) is 169 cm³/mol. The van der Waals surface area contributed by atoms with Gasteiger partial charge >= 0.3 is 5.97 Å². The summed E-state index contributed by atoms with van der Waals surface area (Å²) in [6.07, 6.45) is 3.49. The van der Waals surface area contributed by atoms with Crippen LogP contribution in [0.3, 0.4) is 0 Å². The van der Waals surface area contributed by atoms with Crippen molar-refractivity contribution in [3.63, 3.8) is 0 Å². The van der Waals surface area contributed by atoms with Gasteiger partial charge in [0.1, 0.15) is 19.0 Å². The largest absolute Gasteiger partial charge is 0.489 e. The van der Waals surface area contributed by atoms with E-state index in [4.69, 9.17) is 57.8 Å². The Bertz CT molecular complexity index is 773. The molecule has 262 valence electrons. The molecule has 0 saturated carbocycles. The third-order valence-electron chi connectivity index (χ3n) is 5.86.